The first-order valence-corrected chi connectivity index (χ1v) is 6.11. The normalized spacial score (nSPS) is 10.4. The number of carbonyl (C=O) groups is 1. The van der Waals surface area contributed by atoms with Crippen molar-refractivity contribution < 1.29 is 9.90 Å². The number of hydrogen-bond donors (Lipinski definition) is 2. The molecular formula is C12H10BrN3O3. The van der Waals surface area contributed by atoms with Crippen molar-refractivity contribution in [2.24, 2.45) is 0 Å². The lowest BCUT2D eigenvalue weighted by Gasteiger charge is -2.10. The lowest BCUT2D eigenvalue weighted by molar-refractivity contribution is -0.137. The zero-order valence-corrected chi connectivity index (χ0v) is 11.3. The van der Waals surface area contributed by atoms with Crippen LogP contribution in [0.1, 0.15) is 0 Å². The van der Waals surface area contributed by atoms with E-state index in [0.717, 1.165) is 9.04 Å². The van der Waals surface area contributed by atoms with Crippen molar-refractivity contribution in [3.63, 3.8) is 0 Å². The summed E-state index contributed by atoms with van der Waals surface area (Å²) in [4.78, 5) is 26.8. The Hall–Kier alpha value is -2.15. The number of carboxylic acid groups (broad SMARTS) is 1. The molecule has 0 saturated heterocycles. The van der Waals surface area contributed by atoms with Crippen LogP contribution in [-0.4, -0.2) is 20.6 Å². The van der Waals surface area contributed by atoms with E-state index in [1.54, 1.807) is 24.3 Å². The van der Waals surface area contributed by atoms with Crippen LogP contribution in [0.2, 0.25) is 0 Å². The first-order chi connectivity index (χ1) is 8.99. The summed E-state index contributed by atoms with van der Waals surface area (Å²) >= 11 is 3.30. The molecule has 0 bridgehead atoms. The van der Waals surface area contributed by atoms with Crippen molar-refractivity contribution in [2.75, 3.05) is 5.73 Å². The van der Waals surface area contributed by atoms with Gasteiger partial charge in [0.2, 0.25) is 0 Å². The molecule has 0 amide bonds. The third-order valence-electron chi connectivity index (χ3n) is 2.47. The van der Waals surface area contributed by atoms with E-state index in [4.69, 9.17) is 10.8 Å². The molecule has 0 fully saturated rings. The predicted octanol–water partition coefficient (Wildman–Crippen LogP) is 1.34. The highest BCUT2D eigenvalue weighted by molar-refractivity contribution is 9.10. The van der Waals surface area contributed by atoms with E-state index < -0.39 is 18.1 Å². The Morgan fingerprint density at radius 1 is 1.37 bits per heavy atom. The van der Waals surface area contributed by atoms with Crippen LogP contribution in [0.25, 0.3) is 11.4 Å². The van der Waals surface area contributed by atoms with Crippen molar-refractivity contribution in [3.8, 4) is 11.4 Å². The molecule has 0 spiro atoms. The fourth-order valence-corrected chi connectivity index (χ4v) is 1.88. The fraction of sp³-hybridized carbons (Fsp3) is 0.0833. The molecule has 19 heavy (non-hydrogen) atoms. The molecule has 7 heteroatoms. The highest BCUT2D eigenvalue weighted by Gasteiger charge is 2.13. The van der Waals surface area contributed by atoms with Crippen LogP contribution in [0.15, 0.2) is 39.7 Å². The number of rotatable bonds is 3. The van der Waals surface area contributed by atoms with Gasteiger partial charge in [-0.05, 0) is 12.1 Å². The molecule has 6 nitrogen and oxygen atoms in total. The molecule has 0 unspecified atom stereocenters. The maximum Gasteiger partial charge on any atom is 0.323 e. The van der Waals surface area contributed by atoms with Crippen LogP contribution in [0, 0.1) is 0 Å². The van der Waals surface area contributed by atoms with Gasteiger partial charge >= 0.3 is 5.97 Å². The van der Waals surface area contributed by atoms with E-state index in [2.05, 4.69) is 20.9 Å². The van der Waals surface area contributed by atoms with Crippen molar-refractivity contribution >= 4 is 27.6 Å². The maximum atomic E-state index is 11.9. The van der Waals surface area contributed by atoms with Crippen molar-refractivity contribution in [2.45, 2.75) is 6.54 Å². The third kappa shape index (κ3) is 2.82. The Kier molecular flexibility index (Phi) is 3.66. The minimum absolute atomic E-state index is 0.0814. The van der Waals surface area contributed by atoms with Crippen molar-refractivity contribution in [1.29, 1.82) is 0 Å². The van der Waals surface area contributed by atoms with Gasteiger partial charge in [-0.15, -0.1) is 0 Å². The predicted molar refractivity (Wildman–Crippen MR) is 73.7 cm³/mol. The number of hydrogen-bond acceptors (Lipinski definition) is 4. The van der Waals surface area contributed by atoms with Crippen LogP contribution in [0.4, 0.5) is 5.69 Å². The standard InChI is InChI=1S/C12H10BrN3O3/c13-8-3-1-7(2-4-8)11-15-5-9(14)12(19)16(11)6-10(17)18/h1-5H,6,14H2,(H,17,18). The Morgan fingerprint density at radius 2 is 2.00 bits per heavy atom. The molecule has 1 aromatic carbocycles. The van der Waals surface area contributed by atoms with E-state index >= 15 is 0 Å². The summed E-state index contributed by atoms with van der Waals surface area (Å²) in [7, 11) is 0. The summed E-state index contributed by atoms with van der Waals surface area (Å²) in [5.41, 5.74) is 5.47. The van der Waals surface area contributed by atoms with Crippen LogP contribution < -0.4 is 11.3 Å². The van der Waals surface area contributed by atoms with Crippen molar-refractivity contribution in [3.05, 3.63) is 45.3 Å². The molecule has 0 aliphatic carbocycles. The molecule has 2 aromatic rings. The second kappa shape index (κ2) is 5.23. The van der Waals surface area contributed by atoms with Gasteiger partial charge in [0.15, 0.2) is 0 Å². The molecule has 1 aromatic heterocycles. The SMILES string of the molecule is Nc1cnc(-c2ccc(Br)cc2)n(CC(=O)O)c1=O. The molecular weight excluding hydrogens is 314 g/mol. The summed E-state index contributed by atoms with van der Waals surface area (Å²) in [5, 5.41) is 8.86. The Balaban J connectivity index is 2.62. The number of nitrogens with two attached hydrogens (primary N) is 1. The average molecular weight is 324 g/mol. The maximum absolute atomic E-state index is 11.9. The molecule has 1 heterocycles. The topological polar surface area (TPSA) is 98.2 Å². The zero-order valence-electron chi connectivity index (χ0n) is 9.71. The Morgan fingerprint density at radius 3 is 2.58 bits per heavy atom. The van der Waals surface area contributed by atoms with E-state index in [9.17, 15) is 9.59 Å². The van der Waals surface area contributed by atoms with E-state index in [1.807, 2.05) is 0 Å². The molecule has 0 aliphatic rings. The summed E-state index contributed by atoms with van der Waals surface area (Å²) in [5.74, 6) is -0.859. The van der Waals surface area contributed by atoms with Crippen LogP contribution in [0.3, 0.4) is 0 Å². The summed E-state index contributed by atoms with van der Waals surface area (Å²) < 4.78 is 1.92. The lowest BCUT2D eigenvalue weighted by Crippen LogP contribution is -2.28. The zero-order chi connectivity index (χ0) is 14.0. The van der Waals surface area contributed by atoms with Crippen LogP contribution >= 0.6 is 15.9 Å². The largest absolute Gasteiger partial charge is 0.480 e. The molecule has 98 valence electrons. The fourth-order valence-electron chi connectivity index (χ4n) is 1.62. The Bertz CT molecular complexity index is 680. The van der Waals surface area contributed by atoms with Gasteiger partial charge in [-0.25, -0.2) is 4.98 Å². The number of benzene rings is 1. The van der Waals surface area contributed by atoms with Gasteiger partial charge in [-0.3, -0.25) is 14.2 Å². The number of anilines is 1. The average Bonchev–Trinajstić information content (AvgIpc) is 2.36. The van der Waals surface area contributed by atoms with E-state index in [-0.39, 0.29) is 11.5 Å². The summed E-state index contributed by atoms with van der Waals surface area (Å²) in [6.45, 7) is -0.484. The second-order valence-electron chi connectivity index (χ2n) is 3.83. The van der Waals surface area contributed by atoms with Gasteiger partial charge < -0.3 is 10.8 Å². The van der Waals surface area contributed by atoms with Gasteiger partial charge in [-0.2, -0.15) is 0 Å². The monoisotopic (exact) mass is 323 g/mol. The number of aliphatic carboxylic acids is 1. The smallest absolute Gasteiger partial charge is 0.323 e. The highest BCUT2D eigenvalue weighted by Crippen LogP contribution is 2.19. The Labute approximate surface area is 116 Å². The second-order valence-corrected chi connectivity index (χ2v) is 4.74. The lowest BCUT2D eigenvalue weighted by atomic mass is 10.2. The first-order valence-electron chi connectivity index (χ1n) is 5.32. The highest BCUT2D eigenvalue weighted by atomic mass is 79.9. The van der Waals surface area contributed by atoms with E-state index in [1.165, 1.54) is 6.20 Å². The van der Waals surface area contributed by atoms with Crippen LogP contribution in [-0.2, 0) is 11.3 Å². The molecule has 0 atom stereocenters. The summed E-state index contributed by atoms with van der Waals surface area (Å²) in [6.07, 6.45) is 1.23. The molecule has 0 radical (unpaired) electrons. The molecule has 2 rings (SSSR count). The number of nitrogens with zero attached hydrogens (tertiary/aromatic N) is 2. The number of nitrogen functional groups attached to an aromatic ring is 1. The molecule has 3 N–H and O–H groups in total. The minimum atomic E-state index is -1.13. The van der Waals surface area contributed by atoms with Gasteiger partial charge in [0.1, 0.15) is 18.1 Å². The van der Waals surface area contributed by atoms with Gasteiger partial charge in [0.05, 0.1) is 6.20 Å². The number of halogens is 1. The first kappa shape index (κ1) is 13.3. The van der Waals surface area contributed by atoms with Gasteiger partial charge in [0.25, 0.3) is 5.56 Å². The van der Waals surface area contributed by atoms with Crippen molar-refractivity contribution in [1.82, 2.24) is 9.55 Å². The van der Waals surface area contributed by atoms with Gasteiger partial charge in [-0.1, -0.05) is 28.1 Å². The van der Waals surface area contributed by atoms with Crippen LogP contribution in [0.5, 0.6) is 0 Å². The number of aromatic nitrogens is 2. The quantitative estimate of drug-likeness (QED) is 0.888. The van der Waals surface area contributed by atoms with Gasteiger partial charge in [0, 0.05) is 10.0 Å². The molecule has 0 aliphatic heterocycles. The summed E-state index contributed by atoms with van der Waals surface area (Å²) in [6, 6.07) is 7.03. The molecule has 0 saturated carbocycles. The third-order valence-corrected chi connectivity index (χ3v) is 3.00. The number of carboxylic acids is 1. The minimum Gasteiger partial charge on any atom is -0.480 e. The van der Waals surface area contributed by atoms with E-state index in [0.29, 0.717) is 5.56 Å².